The summed E-state index contributed by atoms with van der Waals surface area (Å²) in [5.41, 5.74) is -4.83. The van der Waals surface area contributed by atoms with Crippen molar-refractivity contribution in [2.75, 3.05) is 5.75 Å². The Morgan fingerprint density at radius 3 is 2.30 bits per heavy atom. The topological polar surface area (TPSA) is 83.3 Å². The Kier molecular flexibility index (Phi) is 7.69. The number of hydrogen-bond donors (Lipinski definition) is 0. The number of nitrogens with zero attached hydrogens (tertiary/aromatic N) is 3. The molecule has 1 atom stereocenters. The summed E-state index contributed by atoms with van der Waals surface area (Å²) in [5.74, 6) is -1.74. The van der Waals surface area contributed by atoms with Gasteiger partial charge in [0.25, 0.3) is 0 Å². The Labute approximate surface area is 206 Å². The molecule has 1 aromatic carbocycles. The lowest BCUT2D eigenvalue weighted by atomic mass is 10.2. The Bertz CT molecular complexity index is 1410. The smallest absolute Gasteiger partial charge is 0.428 e. The summed E-state index contributed by atoms with van der Waals surface area (Å²) in [6, 6.07) is 3.21. The van der Waals surface area contributed by atoms with E-state index in [9.17, 15) is 47.9 Å². The molecule has 0 aliphatic carbocycles. The van der Waals surface area contributed by atoms with Crippen LogP contribution in [0.5, 0.6) is 5.75 Å². The van der Waals surface area contributed by atoms with Crippen LogP contribution in [0.1, 0.15) is 6.92 Å². The maximum absolute atomic E-state index is 13.8. The third kappa shape index (κ3) is 6.78. The lowest BCUT2D eigenvalue weighted by Gasteiger charge is -2.22. The highest BCUT2D eigenvalue weighted by Crippen LogP contribution is 2.39. The third-order valence-electron chi connectivity index (χ3n) is 4.58. The molecule has 0 saturated heterocycles. The molecule has 204 valence electrons. The first-order chi connectivity index (χ1) is 16.8. The summed E-state index contributed by atoms with van der Waals surface area (Å²) >= 11 is -0.456. The zero-order valence-electron chi connectivity index (χ0n) is 18.4. The standard InChI is InChI=1S/C19H14F9N3O4S2/c1-3-37(32,33)13-6-9(34-17(21,22)16(20)35-18(23,24)25)4-5-11(13)14-30-12-7-10(36-19(26,27)28)8-29-15(12)31(14)2/h4-8,16H,3H2,1-2H3. The minimum Gasteiger partial charge on any atom is -0.428 e. The molecule has 0 saturated carbocycles. The third-order valence-corrected chi connectivity index (χ3v) is 7.04. The van der Waals surface area contributed by atoms with E-state index >= 15 is 0 Å². The summed E-state index contributed by atoms with van der Waals surface area (Å²) in [6.45, 7) is 1.20. The molecular formula is C19H14F9N3O4S2. The first kappa shape index (κ1) is 28.8. The molecule has 3 aromatic rings. The van der Waals surface area contributed by atoms with Crippen molar-refractivity contribution >= 4 is 32.8 Å². The molecule has 37 heavy (non-hydrogen) atoms. The van der Waals surface area contributed by atoms with Crippen molar-refractivity contribution in [1.29, 1.82) is 0 Å². The summed E-state index contributed by atoms with van der Waals surface area (Å²) in [5, 5.41) is 0. The lowest BCUT2D eigenvalue weighted by Crippen LogP contribution is -2.41. The van der Waals surface area contributed by atoms with Crippen molar-refractivity contribution in [3.63, 3.8) is 0 Å². The summed E-state index contributed by atoms with van der Waals surface area (Å²) in [7, 11) is -2.89. The minimum atomic E-state index is -5.75. The van der Waals surface area contributed by atoms with Gasteiger partial charge in [-0.2, -0.15) is 22.0 Å². The van der Waals surface area contributed by atoms with Gasteiger partial charge in [0.2, 0.25) is 0 Å². The average Bonchev–Trinajstić information content (AvgIpc) is 3.06. The number of alkyl halides is 9. The van der Waals surface area contributed by atoms with Gasteiger partial charge >= 0.3 is 24.3 Å². The molecule has 18 heteroatoms. The zero-order chi connectivity index (χ0) is 28.0. The molecule has 2 heterocycles. The molecular weight excluding hydrogens is 569 g/mol. The maximum Gasteiger partial charge on any atom is 0.525 e. The van der Waals surface area contributed by atoms with Crippen LogP contribution in [0, 0.1) is 0 Å². The van der Waals surface area contributed by atoms with Crippen LogP contribution in [0.15, 0.2) is 40.3 Å². The molecule has 3 rings (SSSR count). The van der Waals surface area contributed by atoms with E-state index in [0.717, 1.165) is 24.4 Å². The van der Waals surface area contributed by atoms with Gasteiger partial charge in [0.05, 0.1) is 10.6 Å². The van der Waals surface area contributed by atoms with Crippen LogP contribution in [-0.2, 0) is 21.6 Å². The largest absolute Gasteiger partial charge is 0.525 e. The van der Waals surface area contributed by atoms with E-state index in [-0.39, 0.29) is 27.4 Å². The number of halogens is 9. The van der Waals surface area contributed by atoms with Crippen molar-refractivity contribution in [1.82, 2.24) is 14.5 Å². The molecule has 2 aromatic heterocycles. The van der Waals surface area contributed by atoms with Crippen LogP contribution >= 0.6 is 11.8 Å². The molecule has 0 spiro atoms. The van der Waals surface area contributed by atoms with Gasteiger partial charge in [-0.15, -0.1) is 13.2 Å². The molecule has 0 fully saturated rings. The number of hydrogen-bond acceptors (Lipinski definition) is 7. The number of imidazole rings is 1. The Hall–Kier alpha value is -2.73. The second-order valence-electron chi connectivity index (χ2n) is 7.16. The molecule has 7 nitrogen and oxygen atoms in total. The van der Waals surface area contributed by atoms with E-state index in [1.165, 1.54) is 18.5 Å². The lowest BCUT2D eigenvalue weighted by molar-refractivity contribution is -0.411. The monoisotopic (exact) mass is 583 g/mol. The average molecular weight is 583 g/mol. The van der Waals surface area contributed by atoms with Crippen molar-refractivity contribution in [2.45, 2.75) is 41.1 Å². The number of fused-ring (bicyclic) bond motifs is 1. The summed E-state index contributed by atoms with van der Waals surface area (Å²) < 4.78 is 149. The number of aromatic nitrogens is 3. The van der Waals surface area contributed by atoms with Crippen LogP contribution in [0.3, 0.4) is 0 Å². The quantitative estimate of drug-likeness (QED) is 0.243. The van der Waals surface area contributed by atoms with Crippen LogP contribution in [0.2, 0.25) is 0 Å². The maximum atomic E-state index is 13.8. The molecule has 0 aliphatic heterocycles. The highest BCUT2D eigenvalue weighted by molar-refractivity contribution is 8.00. The molecule has 0 radical (unpaired) electrons. The van der Waals surface area contributed by atoms with Crippen molar-refractivity contribution in [2.24, 2.45) is 7.05 Å². The summed E-state index contributed by atoms with van der Waals surface area (Å²) in [6.07, 6.45) is -14.3. The Morgan fingerprint density at radius 2 is 1.73 bits per heavy atom. The fourth-order valence-corrected chi connectivity index (χ4v) is 4.69. The first-order valence-electron chi connectivity index (χ1n) is 9.74. The van der Waals surface area contributed by atoms with Gasteiger partial charge in [-0.3, -0.25) is 0 Å². The SMILES string of the molecule is CCS(=O)(=O)c1cc(OC(F)(F)C(F)OC(F)(F)F)ccc1-c1nc2cc(SC(F)(F)F)cnc2n1C. The van der Waals surface area contributed by atoms with E-state index in [0.29, 0.717) is 6.07 Å². The molecule has 0 N–H and O–H groups in total. The summed E-state index contributed by atoms with van der Waals surface area (Å²) in [4.78, 5) is 7.04. The molecule has 0 bridgehead atoms. The highest BCUT2D eigenvalue weighted by Gasteiger charge is 2.50. The van der Waals surface area contributed by atoms with Gasteiger partial charge in [-0.05, 0) is 36.0 Å². The minimum absolute atomic E-state index is 0.0528. The number of aryl methyl sites for hydroxylation is 1. The van der Waals surface area contributed by atoms with Crippen LogP contribution < -0.4 is 4.74 Å². The number of pyridine rings is 1. The van der Waals surface area contributed by atoms with E-state index in [1.807, 2.05) is 0 Å². The molecule has 0 amide bonds. The van der Waals surface area contributed by atoms with Gasteiger partial charge in [-0.25, -0.2) is 27.5 Å². The molecule has 0 aliphatic rings. The van der Waals surface area contributed by atoms with Crippen LogP contribution in [-0.4, -0.2) is 53.0 Å². The Morgan fingerprint density at radius 1 is 1.08 bits per heavy atom. The van der Waals surface area contributed by atoms with E-state index in [4.69, 9.17) is 0 Å². The fraction of sp³-hybridized carbons (Fsp3) is 0.368. The van der Waals surface area contributed by atoms with Gasteiger partial charge in [-0.1, -0.05) is 6.92 Å². The van der Waals surface area contributed by atoms with Crippen LogP contribution in [0.25, 0.3) is 22.6 Å². The second-order valence-corrected chi connectivity index (χ2v) is 10.5. The van der Waals surface area contributed by atoms with Gasteiger partial charge < -0.3 is 9.30 Å². The van der Waals surface area contributed by atoms with Crippen molar-refractivity contribution in [3.05, 3.63) is 30.5 Å². The number of benzene rings is 1. The first-order valence-corrected chi connectivity index (χ1v) is 12.2. The predicted molar refractivity (Wildman–Crippen MR) is 111 cm³/mol. The van der Waals surface area contributed by atoms with Crippen molar-refractivity contribution < 1.29 is 57.4 Å². The second kappa shape index (κ2) is 9.86. The Balaban J connectivity index is 2.08. The number of sulfone groups is 1. The number of thioether (sulfide) groups is 1. The van der Waals surface area contributed by atoms with Crippen molar-refractivity contribution in [3.8, 4) is 17.1 Å². The number of rotatable bonds is 8. The zero-order valence-corrected chi connectivity index (χ0v) is 20.0. The van der Waals surface area contributed by atoms with Gasteiger partial charge in [0.15, 0.2) is 15.5 Å². The molecule has 1 unspecified atom stereocenters. The van der Waals surface area contributed by atoms with E-state index in [1.54, 1.807) is 0 Å². The highest BCUT2D eigenvalue weighted by atomic mass is 32.2. The number of ether oxygens (including phenoxy) is 2. The fourth-order valence-electron chi connectivity index (χ4n) is 3.04. The van der Waals surface area contributed by atoms with Crippen LogP contribution in [0.4, 0.5) is 39.5 Å². The van der Waals surface area contributed by atoms with Gasteiger partial charge in [0, 0.05) is 23.7 Å². The van der Waals surface area contributed by atoms with Gasteiger partial charge in [0.1, 0.15) is 17.1 Å². The van der Waals surface area contributed by atoms with E-state index < -0.39 is 62.3 Å². The normalized spacial score (nSPS) is 14.2. The van der Waals surface area contributed by atoms with E-state index in [2.05, 4.69) is 19.4 Å². The predicted octanol–water partition coefficient (Wildman–Crippen LogP) is 5.84.